The smallest absolute Gasteiger partial charge is 0.173 e. The Balaban J connectivity index is 1.62. The van der Waals surface area contributed by atoms with Gasteiger partial charge in [0, 0.05) is 0 Å². The number of hydrogen-bond acceptors (Lipinski definition) is 3. The lowest BCUT2D eigenvalue weighted by Crippen LogP contribution is -2.28. The van der Waals surface area contributed by atoms with Gasteiger partial charge < -0.3 is 9.84 Å². The van der Waals surface area contributed by atoms with Crippen molar-refractivity contribution in [3.05, 3.63) is 80.6 Å². The first-order valence-corrected chi connectivity index (χ1v) is 10.7. The highest BCUT2D eigenvalue weighted by Crippen LogP contribution is 2.56. The molecule has 3 aliphatic rings. The van der Waals surface area contributed by atoms with Crippen molar-refractivity contribution in [2.45, 2.75) is 53.8 Å². The van der Waals surface area contributed by atoms with E-state index in [1.165, 1.54) is 22.3 Å². The maximum absolute atomic E-state index is 13.5. The van der Waals surface area contributed by atoms with Crippen LogP contribution in [0.2, 0.25) is 0 Å². The Hall–Kier alpha value is -2.65. The van der Waals surface area contributed by atoms with Crippen LogP contribution in [-0.2, 0) is 9.53 Å². The van der Waals surface area contributed by atoms with Gasteiger partial charge in [0.25, 0.3) is 0 Å². The van der Waals surface area contributed by atoms with E-state index >= 15 is 0 Å². The Labute approximate surface area is 178 Å². The minimum Gasteiger partial charge on any atom is -0.511 e. The lowest BCUT2D eigenvalue weighted by atomic mass is 9.77. The Kier molecular flexibility index (Phi) is 4.14. The molecule has 0 spiro atoms. The molecule has 4 atom stereocenters. The van der Waals surface area contributed by atoms with E-state index in [4.69, 9.17) is 4.74 Å². The van der Waals surface area contributed by atoms with Gasteiger partial charge in [-0.15, -0.1) is 0 Å². The topological polar surface area (TPSA) is 46.5 Å². The van der Waals surface area contributed by atoms with Crippen LogP contribution in [0.15, 0.2) is 36.1 Å². The third-order valence-corrected chi connectivity index (χ3v) is 7.03. The number of Topliss-reactive ketones (excluding diaryl/α,β-unsaturated/α-hetero) is 1. The zero-order valence-electron chi connectivity index (χ0n) is 18.5. The van der Waals surface area contributed by atoms with Crippen molar-refractivity contribution >= 4 is 16.9 Å². The summed E-state index contributed by atoms with van der Waals surface area (Å²) in [5.41, 5.74) is 10.6. The maximum atomic E-state index is 13.5. The molecule has 2 aliphatic heterocycles. The number of aliphatic hydroxyl groups is 1. The average molecular weight is 401 g/mol. The Morgan fingerprint density at radius 2 is 1.27 bits per heavy atom. The number of aryl methyl sites for hydroxylation is 6. The van der Waals surface area contributed by atoms with Gasteiger partial charge in [-0.25, -0.2) is 0 Å². The number of carbonyl (C=O) groups is 1. The van der Waals surface area contributed by atoms with Crippen LogP contribution in [0.1, 0.15) is 44.5 Å². The van der Waals surface area contributed by atoms with E-state index in [2.05, 4.69) is 58.0 Å². The van der Waals surface area contributed by atoms with Gasteiger partial charge >= 0.3 is 0 Å². The number of aliphatic hydroxyl groups excluding tert-OH is 1. The zero-order chi connectivity index (χ0) is 21.5. The van der Waals surface area contributed by atoms with Crippen molar-refractivity contribution in [1.29, 1.82) is 0 Å². The van der Waals surface area contributed by atoms with Crippen molar-refractivity contribution < 1.29 is 14.6 Å². The summed E-state index contributed by atoms with van der Waals surface area (Å²) in [5.74, 6) is -0.383. The maximum Gasteiger partial charge on any atom is 0.173 e. The Bertz CT molecular complexity index is 1130. The molecule has 3 heteroatoms. The minimum absolute atomic E-state index is 0.0210. The second kappa shape index (κ2) is 6.42. The van der Waals surface area contributed by atoms with Gasteiger partial charge in [0.1, 0.15) is 5.76 Å². The first kappa shape index (κ1) is 19.3. The van der Waals surface area contributed by atoms with E-state index in [-0.39, 0.29) is 35.6 Å². The number of fused-ring (bicyclic) bond motifs is 5. The van der Waals surface area contributed by atoms with Crippen LogP contribution in [0, 0.1) is 53.4 Å². The molecular weight excluding hydrogens is 372 g/mol. The van der Waals surface area contributed by atoms with E-state index in [9.17, 15) is 9.90 Å². The summed E-state index contributed by atoms with van der Waals surface area (Å²) in [5, 5.41) is 11.3. The van der Waals surface area contributed by atoms with Crippen molar-refractivity contribution in [1.82, 2.24) is 0 Å². The van der Waals surface area contributed by atoms with Crippen LogP contribution in [0.4, 0.5) is 0 Å². The summed E-state index contributed by atoms with van der Waals surface area (Å²) in [4.78, 5) is 13.5. The van der Waals surface area contributed by atoms with E-state index < -0.39 is 0 Å². The van der Waals surface area contributed by atoms with E-state index in [0.29, 0.717) is 5.57 Å². The lowest BCUT2D eigenvalue weighted by molar-refractivity contribution is -0.118. The van der Waals surface area contributed by atoms with E-state index in [1.807, 2.05) is 13.8 Å². The number of carbonyl (C=O) groups excluding carboxylic acids is 1. The highest BCUT2D eigenvalue weighted by molar-refractivity contribution is 6.26. The number of rotatable bonds is 2. The number of ketones is 1. The fourth-order valence-electron chi connectivity index (χ4n) is 6.18. The van der Waals surface area contributed by atoms with Crippen molar-refractivity contribution in [2.24, 2.45) is 11.8 Å². The minimum atomic E-state index is -0.320. The second-order valence-corrected chi connectivity index (χ2v) is 9.37. The SMILES string of the molecule is Cc1cc(C)c(C2=C[C@@H]3O[C@H]2C2C(O)=C(c4c(C)cc(C)cc4C)C(=O)[C@H]23)c(C)c1. The summed E-state index contributed by atoms with van der Waals surface area (Å²) < 4.78 is 6.24. The summed E-state index contributed by atoms with van der Waals surface area (Å²) in [7, 11) is 0. The van der Waals surface area contributed by atoms with Gasteiger partial charge in [-0.3, -0.25) is 4.79 Å². The molecule has 30 heavy (non-hydrogen) atoms. The number of ether oxygens (including phenoxy) is 1. The third kappa shape index (κ3) is 2.51. The van der Waals surface area contributed by atoms with Gasteiger partial charge in [0.05, 0.1) is 29.6 Å². The number of benzene rings is 2. The molecule has 5 rings (SSSR count). The third-order valence-electron chi connectivity index (χ3n) is 7.03. The highest BCUT2D eigenvalue weighted by Gasteiger charge is 2.60. The first-order valence-electron chi connectivity index (χ1n) is 10.7. The van der Waals surface area contributed by atoms with Gasteiger partial charge in [-0.2, -0.15) is 0 Å². The van der Waals surface area contributed by atoms with Crippen LogP contribution < -0.4 is 0 Å². The monoisotopic (exact) mass is 400 g/mol. The summed E-state index contributed by atoms with van der Waals surface area (Å²) in [6.07, 6.45) is 1.58. The molecule has 1 aliphatic carbocycles. The van der Waals surface area contributed by atoms with Crippen LogP contribution >= 0.6 is 0 Å². The first-order chi connectivity index (χ1) is 14.2. The molecule has 2 heterocycles. The van der Waals surface area contributed by atoms with E-state index in [0.717, 1.165) is 27.8 Å². The quantitative estimate of drug-likeness (QED) is 0.725. The number of allylic oxidation sites excluding steroid dienone is 1. The molecule has 1 saturated heterocycles. The molecule has 0 saturated carbocycles. The molecule has 2 aromatic rings. The number of hydrogen-bond donors (Lipinski definition) is 1. The van der Waals surface area contributed by atoms with Crippen LogP contribution in [0.5, 0.6) is 0 Å². The van der Waals surface area contributed by atoms with Crippen molar-refractivity contribution in [3.8, 4) is 0 Å². The molecule has 2 aromatic carbocycles. The molecular formula is C27H28O3. The second-order valence-electron chi connectivity index (χ2n) is 9.37. The molecule has 1 unspecified atom stereocenters. The van der Waals surface area contributed by atoms with Gasteiger partial charge in [-0.1, -0.05) is 35.4 Å². The fourth-order valence-corrected chi connectivity index (χ4v) is 6.18. The zero-order valence-corrected chi connectivity index (χ0v) is 18.5. The largest absolute Gasteiger partial charge is 0.511 e. The Morgan fingerprint density at radius 1 is 0.767 bits per heavy atom. The van der Waals surface area contributed by atoms with Crippen LogP contribution in [0.3, 0.4) is 0 Å². The lowest BCUT2D eigenvalue weighted by Gasteiger charge is -2.24. The molecule has 2 bridgehead atoms. The van der Waals surface area contributed by atoms with Crippen molar-refractivity contribution in [3.63, 3.8) is 0 Å². The normalized spacial score (nSPS) is 27.1. The van der Waals surface area contributed by atoms with Crippen LogP contribution in [0.25, 0.3) is 11.1 Å². The molecule has 3 nitrogen and oxygen atoms in total. The van der Waals surface area contributed by atoms with Crippen LogP contribution in [-0.4, -0.2) is 23.1 Å². The highest BCUT2D eigenvalue weighted by atomic mass is 16.5. The standard InChI is InChI=1S/C27H28O3/c1-12-7-14(3)20(15(4)8-12)18-11-19-22-24(27(18)30-19)26(29)23(25(22)28)21-16(5)9-13(2)10-17(21)6/h7-11,19,22,24,27,29H,1-6H3/t19-,22-,24?,27+/m0/s1. The molecule has 0 aromatic heterocycles. The molecule has 1 N–H and O–H groups in total. The summed E-state index contributed by atoms with van der Waals surface area (Å²) in [6.45, 7) is 12.4. The molecule has 1 fully saturated rings. The average Bonchev–Trinajstić information content (AvgIpc) is 3.27. The fraction of sp³-hybridized carbons (Fsp3) is 0.370. The molecule has 154 valence electrons. The summed E-state index contributed by atoms with van der Waals surface area (Å²) >= 11 is 0. The molecule has 0 radical (unpaired) electrons. The summed E-state index contributed by atoms with van der Waals surface area (Å²) in [6, 6.07) is 8.54. The van der Waals surface area contributed by atoms with E-state index in [1.54, 1.807) is 0 Å². The van der Waals surface area contributed by atoms with Gasteiger partial charge in [0.15, 0.2) is 5.78 Å². The predicted octanol–water partition coefficient (Wildman–Crippen LogP) is 5.49. The van der Waals surface area contributed by atoms with Gasteiger partial charge in [0.2, 0.25) is 0 Å². The van der Waals surface area contributed by atoms with Gasteiger partial charge in [-0.05, 0) is 86.6 Å². The Morgan fingerprint density at radius 3 is 1.80 bits per heavy atom. The van der Waals surface area contributed by atoms with Crippen molar-refractivity contribution in [2.75, 3.05) is 0 Å². The molecule has 0 amide bonds. The predicted molar refractivity (Wildman–Crippen MR) is 119 cm³/mol.